The highest BCUT2D eigenvalue weighted by Gasteiger charge is 2.05. The first kappa shape index (κ1) is 12.9. The number of aryl methyl sites for hydroxylation is 1. The fourth-order valence-corrected chi connectivity index (χ4v) is 2.95. The second-order valence-electron chi connectivity index (χ2n) is 4.50. The molecule has 0 atom stereocenters. The molecule has 3 aromatic rings. The van der Waals surface area contributed by atoms with Crippen molar-refractivity contribution in [2.75, 3.05) is 5.73 Å². The van der Waals surface area contributed by atoms with E-state index < -0.39 is 0 Å². The van der Waals surface area contributed by atoms with E-state index in [0.717, 1.165) is 22.3 Å². The first-order valence-corrected chi connectivity index (χ1v) is 7.27. The lowest BCUT2D eigenvalue weighted by Crippen LogP contribution is -1.97. The van der Waals surface area contributed by atoms with Crippen LogP contribution in [0.1, 0.15) is 11.3 Å². The number of hydrogen-bond acceptors (Lipinski definition) is 5. The highest BCUT2D eigenvalue weighted by Crippen LogP contribution is 2.24. The smallest absolute Gasteiger partial charge is 0.190 e. The van der Waals surface area contributed by atoms with Crippen molar-refractivity contribution in [2.45, 2.75) is 17.8 Å². The summed E-state index contributed by atoms with van der Waals surface area (Å²) in [5.74, 6) is 1.29. The molecule has 4 nitrogen and oxygen atoms in total. The van der Waals surface area contributed by atoms with Gasteiger partial charge < -0.3 is 5.73 Å². The van der Waals surface area contributed by atoms with Crippen molar-refractivity contribution in [2.24, 2.45) is 0 Å². The molecule has 0 spiro atoms. The van der Waals surface area contributed by atoms with Crippen LogP contribution in [0.25, 0.3) is 10.9 Å². The SMILES string of the molecule is Cc1cc(N)nc(SCc2cccc3cccnc23)n1. The molecule has 0 radical (unpaired) electrons. The van der Waals surface area contributed by atoms with Gasteiger partial charge in [-0.15, -0.1) is 0 Å². The van der Waals surface area contributed by atoms with Gasteiger partial charge in [0.15, 0.2) is 5.16 Å². The second kappa shape index (κ2) is 5.46. The van der Waals surface area contributed by atoms with Crippen molar-refractivity contribution in [3.05, 3.63) is 53.9 Å². The number of pyridine rings is 1. The van der Waals surface area contributed by atoms with Crippen molar-refractivity contribution >= 4 is 28.5 Å². The maximum absolute atomic E-state index is 5.74. The summed E-state index contributed by atoms with van der Waals surface area (Å²) in [6, 6.07) is 12.0. The number of hydrogen-bond donors (Lipinski definition) is 1. The standard InChI is InChI=1S/C15H14N4S/c1-10-8-13(16)19-15(18-10)20-9-12-5-2-4-11-6-3-7-17-14(11)12/h2-8H,9H2,1H3,(H2,16,18,19). The Hall–Kier alpha value is -2.14. The first-order chi connectivity index (χ1) is 9.72. The summed E-state index contributed by atoms with van der Waals surface area (Å²) in [7, 11) is 0. The van der Waals surface area contributed by atoms with E-state index in [-0.39, 0.29) is 0 Å². The van der Waals surface area contributed by atoms with Gasteiger partial charge in [-0.25, -0.2) is 9.97 Å². The minimum absolute atomic E-state index is 0.510. The Kier molecular flexibility index (Phi) is 3.52. The second-order valence-corrected chi connectivity index (χ2v) is 5.44. The predicted octanol–water partition coefficient (Wildman–Crippen LogP) is 3.21. The topological polar surface area (TPSA) is 64.7 Å². The molecule has 2 heterocycles. The number of aromatic nitrogens is 3. The van der Waals surface area contributed by atoms with Crippen LogP contribution in [0.4, 0.5) is 5.82 Å². The van der Waals surface area contributed by atoms with E-state index in [1.807, 2.05) is 25.3 Å². The average molecular weight is 282 g/mol. The zero-order valence-corrected chi connectivity index (χ0v) is 11.9. The monoisotopic (exact) mass is 282 g/mol. The Balaban J connectivity index is 1.87. The van der Waals surface area contributed by atoms with E-state index >= 15 is 0 Å². The molecule has 2 N–H and O–H groups in total. The third-order valence-electron chi connectivity index (χ3n) is 2.93. The Morgan fingerprint density at radius 2 is 2.00 bits per heavy atom. The summed E-state index contributed by atoms with van der Waals surface area (Å²) in [5.41, 5.74) is 8.84. The summed E-state index contributed by atoms with van der Waals surface area (Å²) >= 11 is 1.57. The van der Waals surface area contributed by atoms with Crippen LogP contribution in [0, 0.1) is 6.92 Å². The van der Waals surface area contributed by atoms with Crippen molar-refractivity contribution < 1.29 is 0 Å². The van der Waals surface area contributed by atoms with Gasteiger partial charge in [0.2, 0.25) is 0 Å². The number of anilines is 1. The van der Waals surface area contributed by atoms with Gasteiger partial charge in [0.1, 0.15) is 5.82 Å². The molecule has 0 unspecified atom stereocenters. The molecule has 0 aliphatic heterocycles. The molecule has 5 heteroatoms. The number of thioether (sulfide) groups is 1. The van der Waals surface area contributed by atoms with E-state index in [2.05, 4.69) is 33.2 Å². The van der Waals surface area contributed by atoms with E-state index in [1.165, 1.54) is 5.56 Å². The molecule has 0 saturated carbocycles. The fourth-order valence-electron chi connectivity index (χ4n) is 2.06. The first-order valence-electron chi connectivity index (χ1n) is 6.29. The Morgan fingerprint density at radius 3 is 2.85 bits per heavy atom. The summed E-state index contributed by atoms with van der Waals surface area (Å²) < 4.78 is 0. The molecule has 3 rings (SSSR count). The summed E-state index contributed by atoms with van der Waals surface area (Å²) in [5, 5.41) is 1.85. The molecule has 0 fully saturated rings. The number of nitrogen functional groups attached to an aromatic ring is 1. The minimum Gasteiger partial charge on any atom is -0.384 e. The normalized spacial score (nSPS) is 10.8. The van der Waals surface area contributed by atoms with Crippen LogP contribution in [0.3, 0.4) is 0 Å². The number of nitrogens with zero attached hydrogens (tertiary/aromatic N) is 3. The lowest BCUT2D eigenvalue weighted by molar-refractivity contribution is 0.940. The lowest BCUT2D eigenvalue weighted by Gasteiger charge is -2.05. The van der Waals surface area contributed by atoms with Gasteiger partial charge >= 0.3 is 0 Å². The zero-order valence-electron chi connectivity index (χ0n) is 11.1. The summed E-state index contributed by atoms with van der Waals surface area (Å²) in [6.45, 7) is 1.92. The minimum atomic E-state index is 0.510. The van der Waals surface area contributed by atoms with Crippen LogP contribution in [0.2, 0.25) is 0 Å². The largest absolute Gasteiger partial charge is 0.384 e. The fraction of sp³-hybridized carbons (Fsp3) is 0.133. The third-order valence-corrected chi connectivity index (χ3v) is 3.82. The highest BCUT2D eigenvalue weighted by atomic mass is 32.2. The Bertz CT molecular complexity index is 732. The molecule has 20 heavy (non-hydrogen) atoms. The molecule has 2 aromatic heterocycles. The number of rotatable bonds is 3. The van der Waals surface area contributed by atoms with Crippen LogP contribution in [-0.2, 0) is 5.75 Å². The molecule has 0 aliphatic carbocycles. The maximum atomic E-state index is 5.74. The van der Waals surface area contributed by atoms with Crippen molar-refractivity contribution in [3.8, 4) is 0 Å². The van der Waals surface area contributed by atoms with Crippen LogP contribution >= 0.6 is 11.8 Å². The van der Waals surface area contributed by atoms with Crippen molar-refractivity contribution in [3.63, 3.8) is 0 Å². The molecule has 100 valence electrons. The van der Waals surface area contributed by atoms with Crippen LogP contribution in [0.15, 0.2) is 47.8 Å². The van der Waals surface area contributed by atoms with E-state index in [4.69, 9.17) is 5.73 Å². The Morgan fingerprint density at radius 1 is 1.15 bits per heavy atom. The molecular formula is C15H14N4S. The lowest BCUT2D eigenvalue weighted by atomic mass is 10.1. The Labute approximate surface area is 121 Å². The van der Waals surface area contributed by atoms with Crippen molar-refractivity contribution in [1.82, 2.24) is 15.0 Å². The quantitative estimate of drug-likeness (QED) is 0.590. The van der Waals surface area contributed by atoms with Gasteiger partial charge in [-0.2, -0.15) is 0 Å². The van der Waals surface area contributed by atoms with Gasteiger partial charge in [-0.05, 0) is 18.6 Å². The number of benzene rings is 1. The molecule has 1 aromatic carbocycles. The zero-order chi connectivity index (χ0) is 13.9. The maximum Gasteiger partial charge on any atom is 0.190 e. The van der Waals surface area contributed by atoms with E-state index in [9.17, 15) is 0 Å². The average Bonchev–Trinajstić information content (AvgIpc) is 2.44. The van der Waals surface area contributed by atoms with Gasteiger partial charge in [0.25, 0.3) is 0 Å². The van der Waals surface area contributed by atoms with Crippen LogP contribution in [0.5, 0.6) is 0 Å². The van der Waals surface area contributed by atoms with Gasteiger partial charge in [-0.1, -0.05) is 36.0 Å². The van der Waals surface area contributed by atoms with Gasteiger partial charge in [0, 0.05) is 29.1 Å². The molecule has 0 amide bonds. The number of para-hydroxylation sites is 1. The van der Waals surface area contributed by atoms with Gasteiger partial charge in [-0.3, -0.25) is 4.98 Å². The van der Waals surface area contributed by atoms with Crippen molar-refractivity contribution in [1.29, 1.82) is 0 Å². The third kappa shape index (κ3) is 2.72. The van der Waals surface area contributed by atoms with E-state index in [0.29, 0.717) is 11.0 Å². The summed E-state index contributed by atoms with van der Waals surface area (Å²) in [4.78, 5) is 13.1. The molecule has 0 aliphatic rings. The van der Waals surface area contributed by atoms with E-state index in [1.54, 1.807) is 17.8 Å². The van der Waals surface area contributed by atoms with Gasteiger partial charge in [0.05, 0.1) is 5.52 Å². The summed E-state index contributed by atoms with van der Waals surface area (Å²) in [6.07, 6.45) is 1.82. The predicted molar refractivity (Wildman–Crippen MR) is 82.5 cm³/mol. The number of fused-ring (bicyclic) bond motifs is 1. The highest BCUT2D eigenvalue weighted by molar-refractivity contribution is 7.98. The molecular weight excluding hydrogens is 268 g/mol. The van der Waals surface area contributed by atoms with Crippen LogP contribution < -0.4 is 5.73 Å². The molecule has 0 saturated heterocycles. The molecule has 0 bridgehead atoms. The van der Waals surface area contributed by atoms with Crippen LogP contribution in [-0.4, -0.2) is 15.0 Å². The number of nitrogens with two attached hydrogens (primary N) is 1.